The SMILES string of the molecule is C=CC1=C(/C=C(\C)C(=O)OC)N(CC(=O)O/C(C)=C\C)C(=O)C(C)(C)O1. The van der Waals surface area contributed by atoms with E-state index in [1.807, 2.05) is 0 Å². The Morgan fingerprint density at radius 3 is 2.42 bits per heavy atom. The highest BCUT2D eigenvalue weighted by molar-refractivity contribution is 5.92. The molecule has 7 nitrogen and oxygen atoms in total. The number of esters is 2. The average Bonchev–Trinajstić information content (AvgIpc) is 2.59. The van der Waals surface area contributed by atoms with Crippen molar-refractivity contribution >= 4 is 17.8 Å². The molecule has 1 rings (SSSR count). The van der Waals surface area contributed by atoms with Gasteiger partial charge in [0.05, 0.1) is 12.8 Å². The summed E-state index contributed by atoms with van der Waals surface area (Å²) in [5.41, 5.74) is -0.723. The number of ether oxygens (including phenoxy) is 3. The zero-order valence-electron chi connectivity index (χ0n) is 16.0. The van der Waals surface area contributed by atoms with E-state index in [1.54, 1.807) is 33.8 Å². The Bertz CT molecular complexity index is 712. The molecule has 1 aliphatic rings. The first kappa shape index (κ1) is 21.2. The van der Waals surface area contributed by atoms with Crippen molar-refractivity contribution in [3.8, 4) is 0 Å². The van der Waals surface area contributed by atoms with Crippen LogP contribution in [0, 0.1) is 0 Å². The van der Waals surface area contributed by atoms with Gasteiger partial charge in [0.1, 0.15) is 18.1 Å². The van der Waals surface area contributed by atoms with Crippen LogP contribution in [-0.2, 0) is 28.6 Å². The smallest absolute Gasteiger partial charge is 0.333 e. The minimum absolute atomic E-state index is 0.237. The Morgan fingerprint density at radius 1 is 1.31 bits per heavy atom. The monoisotopic (exact) mass is 363 g/mol. The predicted molar refractivity (Wildman–Crippen MR) is 95.4 cm³/mol. The van der Waals surface area contributed by atoms with Crippen LogP contribution in [-0.4, -0.2) is 42.0 Å². The van der Waals surface area contributed by atoms with Crippen molar-refractivity contribution in [1.82, 2.24) is 4.90 Å². The molecule has 0 aromatic rings. The quantitative estimate of drug-likeness (QED) is 0.410. The lowest BCUT2D eigenvalue weighted by Crippen LogP contribution is -2.51. The van der Waals surface area contributed by atoms with Crippen LogP contribution in [0.15, 0.2) is 47.6 Å². The van der Waals surface area contributed by atoms with Gasteiger partial charge < -0.3 is 14.2 Å². The minimum Gasteiger partial charge on any atom is -0.476 e. The van der Waals surface area contributed by atoms with E-state index in [0.29, 0.717) is 5.76 Å². The van der Waals surface area contributed by atoms with Gasteiger partial charge in [0.25, 0.3) is 5.91 Å². The van der Waals surface area contributed by atoms with Crippen molar-refractivity contribution in [2.75, 3.05) is 13.7 Å². The number of hydrogen-bond donors (Lipinski definition) is 0. The number of carbonyl (C=O) groups is 3. The van der Waals surface area contributed by atoms with Gasteiger partial charge in [-0.15, -0.1) is 0 Å². The van der Waals surface area contributed by atoms with Gasteiger partial charge in [0, 0.05) is 5.57 Å². The summed E-state index contributed by atoms with van der Waals surface area (Å²) in [5.74, 6) is -0.927. The van der Waals surface area contributed by atoms with E-state index in [-0.39, 0.29) is 23.6 Å². The lowest BCUT2D eigenvalue weighted by molar-refractivity contribution is -0.156. The molecule has 1 aliphatic heterocycles. The molecule has 1 amide bonds. The van der Waals surface area contributed by atoms with Gasteiger partial charge in [0.2, 0.25) is 0 Å². The van der Waals surface area contributed by atoms with Gasteiger partial charge >= 0.3 is 11.9 Å². The first-order valence-corrected chi connectivity index (χ1v) is 8.05. The van der Waals surface area contributed by atoms with Crippen LogP contribution in [0.5, 0.6) is 0 Å². The zero-order valence-corrected chi connectivity index (χ0v) is 16.0. The summed E-state index contributed by atoms with van der Waals surface area (Å²) in [6.07, 6.45) is 4.47. The summed E-state index contributed by atoms with van der Waals surface area (Å²) in [6, 6.07) is 0. The van der Waals surface area contributed by atoms with Crippen molar-refractivity contribution in [2.45, 2.75) is 40.2 Å². The van der Waals surface area contributed by atoms with E-state index in [0.717, 1.165) is 0 Å². The molecule has 26 heavy (non-hydrogen) atoms. The summed E-state index contributed by atoms with van der Waals surface area (Å²) in [7, 11) is 1.25. The van der Waals surface area contributed by atoms with Gasteiger partial charge in [-0.25, -0.2) is 9.59 Å². The molecule has 0 unspecified atom stereocenters. The maximum absolute atomic E-state index is 12.8. The van der Waals surface area contributed by atoms with Gasteiger partial charge in [-0.2, -0.15) is 0 Å². The minimum atomic E-state index is -1.20. The van der Waals surface area contributed by atoms with Crippen LogP contribution < -0.4 is 0 Å². The molecular weight excluding hydrogens is 338 g/mol. The van der Waals surface area contributed by atoms with E-state index in [2.05, 4.69) is 11.3 Å². The number of amides is 1. The number of rotatable bonds is 6. The fourth-order valence-electron chi connectivity index (χ4n) is 2.22. The molecule has 0 fully saturated rings. The molecule has 0 saturated carbocycles. The number of nitrogens with zero attached hydrogens (tertiary/aromatic N) is 1. The third kappa shape index (κ3) is 4.84. The molecule has 1 heterocycles. The van der Waals surface area contributed by atoms with E-state index >= 15 is 0 Å². The molecule has 7 heteroatoms. The van der Waals surface area contributed by atoms with Crippen LogP contribution in [0.25, 0.3) is 0 Å². The molecule has 142 valence electrons. The Morgan fingerprint density at radius 2 is 1.92 bits per heavy atom. The largest absolute Gasteiger partial charge is 0.476 e. The Kier molecular flexibility index (Phi) is 6.94. The standard InChI is InChI=1S/C19H25NO6/c1-8-13(4)25-16(21)11-20-14(10-12(3)17(22)24-7)15(9-2)26-19(5,6)18(20)23/h8-10H,2,11H2,1,3-7H3/b12-10+,13-8-. The molecule has 0 aromatic carbocycles. The van der Waals surface area contributed by atoms with Crippen LogP contribution >= 0.6 is 0 Å². The van der Waals surface area contributed by atoms with Crippen molar-refractivity contribution in [3.05, 3.63) is 47.6 Å². The summed E-state index contributed by atoms with van der Waals surface area (Å²) >= 11 is 0. The van der Waals surface area contributed by atoms with E-state index < -0.39 is 23.4 Å². The number of carbonyl (C=O) groups excluding carboxylic acids is 3. The summed E-state index contributed by atoms with van der Waals surface area (Å²) in [5, 5.41) is 0. The Labute approximate surface area is 153 Å². The van der Waals surface area contributed by atoms with Crippen molar-refractivity contribution in [3.63, 3.8) is 0 Å². The van der Waals surface area contributed by atoms with Crippen molar-refractivity contribution in [2.24, 2.45) is 0 Å². The second kappa shape index (κ2) is 8.51. The molecule has 0 spiro atoms. The van der Waals surface area contributed by atoms with Crippen LogP contribution in [0.1, 0.15) is 34.6 Å². The second-order valence-corrected chi connectivity index (χ2v) is 6.15. The maximum atomic E-state index is 12.8. The molecule has 0 N–H and O–H groups in total. The third-order valence-electron chi connectivity index (χ3n) is 3.68. The average molecular weight is 363 g/mol. The topological polar surface area (TPSA) is 82.1 Å². The van der Waals surface area contributed by atoms with Gasteiger partial charge in [-0.3, -0.25) is 9.69 Å². The molecular formula is C19H25NO6. The van der Waals surface area contributed by atoms with Crippen LogP contribution in [0.4, 0.5) is 0 Å². The number of allylic oxidation sites excluding steroid dienone is 4. The molecule has 0 aliphatic carbocycles. The summed E-state index contributed by atoms with van der Waals surface area (Å²) in [4.78, 5) is 37.9. The lowest BCUT2D eigenvalue weighted by Gasteiger charge is -2.38. The van der Waals surface area contributed by atoms with Crippen LogP contribution in [0.3, 0.4) is 0 Å². The highest BCUT2D eigenvalue weighted by Gasteiger charge is 2.42. The van der Waals surface area contributed by atoms with Crippen molar-refractivity contribution in [1.29, 1.82) is 0 Å². The number of hydrogen-bond acceptors (Lipinski definition) is 6. The molecule has 0 atom stereocenters. The summed E-state index contributed by atoms with van der Waals surface area (Å²) < 4.78 is 15.5. The Balaban J connectivity index is 3.37. The number of methoxy groups -OCH3 is 1. The van der Waals surface area contributed by atoms with Crippen LogP contribution in [0.2, 0.25) is 0 Å². The lowest BCUT2D eigenvalue weighted by atomic mass is 10.0. The van der Waals surface area contributed by atoms with Crippen molar-refractivity contribution < 1.29 is 28.6 Å². The first-order chi connectivity index (χ1) is 12.1. The van der Waals surface area contributed by atoms with Gasteiger partial charge in [0.15, 0.2) is 5.60 Å². The van der Waals surface area contributed by atoms with Gasteiger partial charge in [-0.05, 0) is 52.8 Å². The Hall–Kier alpha value is -2.83. The third-order valence-corrected chi connectivity index (χ3v) is 3.68. The summed E-state index contributed by atoms with van der Waals surface area (Å²) in [6.45, 7) is 11.4. The normalized spacial score (nSPS) is 17.6. The van der Waals surface area contributed by atoms with E-state index in [4.69, 9.17) is 9.47 Å². The fourth-order valence-corrected chi connectivity index (χ4v) is 2.22. The maximum Gasteiger partial charge on any atom is 0.333 e. The molecule has 0 radical (unpaired) electrons. The first-order valence-electron chi connectivity index (χ1n) is 8.05. The highest BCUT2D eigenvalue weighted by atomic mass is 16.5. The zero-order chi connectivity index (χ0) is 20.1. The molecule has 0 aromatic heterocycles. The predicted octanol–water partition coefficient (Wildman–Crippen LogP) is 2.61. The van der Waals surface area contributed by atoms with Gasteiger partial charge in [-0.1, -0.05) is 6.58 Å². The van der Waals surface area contributed by atoms with E-state index in [9.17, 15) is 14.4 Å². The fraction of sp³-hybridized carbons (Fsp3) is 0.421. The highest BCUT2D eigenvalue weighted by Crippen LogP contribution is 2.31. The molecule has 0 saturated heterocycles. The van der Waals surface area contributed by atoms with E-state index in [1.165, 1.54) is 31.1 Å². The second-order valence-electron chi connectivity index (χ2n) is 6.15. The molecule has 0 bridgehead atoms.